The van der Waals surface area contributed by atoms with Gasteiger partial charge >= 0.3 is 0 Å². The molecule has 1 aromatic heterocycles. The lowest BCUT2D eigenvalue weighted by Gasteiger charge is -2.34. The number of pyridine rings is 1. The number of likely N-dealkylation sites (N-methyl/N-ethyl adjacent to an activating group) is 1. The maximum absolute atomic E-state index is 12.6. The summed E-state index contributed by atoms with van der Waals surface area (Å²) in [5, 5.41) is 3.80. The monoisotopic (exact) mass is 313 g/mol. The third-order valence-electron chi connectivity index (χ3n) is 4.74. The molecule has 5 nitrogen and oxygen atoms in total. The van der Waals surface area contributed by atoms with Gasteiger partial charge in [0.2, 0.25) is 5.91 Å². The number of nitrogens with one attached hydrogen (secondary N) is 1. The molecule has 1 saturated heterocycles. The van der Waals surface area contributed by atoms with Crippen molar-refractivity contribution in [2.75, 3.05) is 13.6 Å². The molecule has 2 heterocycles. The van der Waals surface area contributed by atoms with E-state index in [-0.39, 0.29) is 17.5 Å². The summed E-state index contributed by atoms with van der Waals surface area (Å²) in [5.41, 5.74) is 1.70. The Kier molecular flexibility index (Phi) is 4.48. The topological polar surface area (TPSA) is 54.3 Å². The molecule has 0 aliphatic carbocycles. The number of hydrogen-bond donors (Lipinski definition) is 1. The first-order chi connectivity index (χ1) is 11.1. The highest BCUT2D eigenvalue weighted by Crippen LogP contribution is 2.20. The molecule has 0 spiro atoms. The van der Waals surface area contributed by atoms with E-state index in [1.807, 2.05) is 30.3 Å². The number of para-hydroxylation sites is 1. The minimum atomic E-state index is -0.134. The normalized spacial score (nSPS) is 19.0. The van der Waals surface area contributed by atoms with Gasteiger partial charge in [-0.15, -0.1) is 0 Å². The predicted molar refractivity (Wildman–Crippen MR) is 91.3 cm³/mol. The Balaban J connectivity index is 1.95. The first-order valence-corrected chi connectivity index (χ1v) is 8.15. The molecule has 1 aliphatic heterocycles. The summed E-state index contributed by atoms with van der Waals surface area (Å²) in [7, 11) is 3.48. The van der Waals surface area contributed by atoms with E-state index in [0.29, 0.717) is 6.54 Å². The molecule has 1 unspecified atom stereocenters. The molecule has 1 aromatic carbocycles. The fraction of sp³-hybridized carbons (Fsp3) is 0.444. The minimum Gasteiger partial charge on any atom is -0.358 e. The van der Waals surface area contributed by atoms with E-state index >= 15 is 0 Å². The van der Waals surface area contributed by atoms with E-state index in [1.165, 1.54) is 0 Å². The van der Waals surface area contributed by atoms with Crippen molar-refractivity contribution < 1.29 is 4.79 Å². The number of piperidine rings is 1. The number of aromatic nitrogens is 1. The SMILES string of the molecule is CNC(=O)C1CCCCN1Cc1cc2ccccc2n(C)c1=O. The summed E-state index contributed by atoms with van der Waals surface area (Å²) < 4.78 is 1.70. The molecule has 3 rings (SSSR count). The fourth-order valence-electron chi connectivity index (χ4n) is 3.47. The third kappa shape index (κ3) is 3.01. The Hall–Kier alpha value is -2.14. The lowest BCUT2D eigenvalue weighted by Crippen LogP contribution is -2.48. The van der Waals surface area contributed by atoms with Crippen LogP contribution in [0.25, 0.3) is 10.9 Å². The van der Waals surface area contributed by atoms with Gasteiger partial charge in [0.15, 0.2) is 0 Å². The zero-order valence-corrected chi connectivity index (χ0v) is 13.7. The molecule has 23 heavy (non-hydrogen) atoms. The molecule has 2 aromatic rings. The van der Waals surface area contributed by atoms with Crippen molar-refractivity contribution in [2.24, 2.45) is 7.05 Å². The smallest absolute Gasteiger partial charge is 0.255 e. The number of aryl methyl sites for hydroxylation is 1. The van der Waals surface area contributed by atoms with Crippen molar-refractivity contribution in [3.8, 4) is 0 Å². The van der Waals surface area contributed by atoms with Crippen molar-refractivity contribution in [1.29, 1.82) is 0 Å². The zero-order chi connectivity index (χ0) is 16.4. The zero-order valence-electron chi connectivity index (χ0n) is 13.7. The van der Waals surface area contributed by atoms with E-state index in [2.05, 4.69) is 10.2 Å². The van der Waals surface area contributed by atoms with Crippen LogP contribution in [0.4, 0.5) is 0 Å². The van der Waals surface area contributed by atoms with E-state index in [0.717, 1.165) is 42.3 Å². The number of carbonyl (C=O) groups excluding carboxylic acids is 1. The van der Waals surface area contributed by atoms with Crippen molar-refractivity contribution in [3.63, 3.8) is 0 Å². The van der Waals surface area contributed by atoms with Gasteiger partial charge in [-0.2, -0.15) is 0 Å². The van der Waals surface area contributed by atoms with Gasteiger partial charge < -0.3 is 9.88 Å². The summed E-state index contributed by atoms with van der Waals surface area (Å²) in [6.07, 6.45) is 2.99. The Morgan fingerprint density at radius 1 is 1.30 bits per heavy atom. The second-order valence-corrected chi connectivity index (χ2v) is 6.19. The highest BCUT2D eigenvalue weighted by atomic mass is 16.2. The minimum absolute atomic E-state index is 0.0185. The molecular weight excluding hydrogens is 290 g/mol. The molecule has 1 fully saturated rings. The lowest BCUT2D eigenvalue weighted by atomic mass is 10.0. The van der Waals surface area contributed by atoms with Crippen LogP contribution in [0.2, 0.25) is 0 Å². The number of amides is 1. The predicted octanol–water partition coefficient (Wildman–Crippen LogP) is 1.64. The summed E-state index contributed by atoms with van der Waals surface area (Å²) >= 11 is 0. The summed E-state index contributed by atoms with van der Waals surface area (Å²) in [4.78, 5) is 26.9. The number of rotatable bonds is 3. The molecule has 0 saturated carbocycles. The van der Waals surface area contributed by atoms with E-state index in [4.69, 9.17) is 0 Å². The number of likely N-dealkylation sites (tertiary alicyclic amines) is 1. The van der Waals surface area contributed by atoms with Crippen molar-refractivity contribution in [3.05, 3.63) is 46.2 Å². The Morgan fingerprint density at radius 3 is 2.87 bits per heavy atom. The number of nitrogens with zero attached hydrogens (tertiary/aromatic N) is 2. The van der Waals surface area contributed by atoms with E-state index in [9.17, 15) is 9.59 Å². The van der Waals surface area contributed by atoms with Gasteiger partial charge in [0.05, 0.1) is 11.6 Å². The van der Waals surface area contributed by atoms with Gasteiger partial charge in [-0.3, -0.25) is 14.5 Å². The van der Waals surface area contributed by atoms with Gasteiger partial charge in [-0.05, 0) is 36.9 Å². The van der Waals surface area contributed by atoms with Crippen molar-refractivity contribution in [1.82, 2.24) is 14.8 Å². The average molecular weight is 313 g/mol. The number of fused-ring (bicyclic) bond motifs is 1. The first kappa shape index (κ1) is 15.7. The Morgan fingerprint density at radius 2 is 2.09 bits per heavy atom. The van der Waals surface area contributed by atoms with E-state index < -0.39 is 0 Å². The van der Waals surface area contributed by atoms with Crippen LogP contribution in [0.15, 0.2) is 35.1 Å². The molecule has 1 aliphatic rings. The van der Waals surface area contributed by atoms with Gasteiger partial charge in [0, 0.05) is 26.2 Å². The summed E-state index contributed by atoms with van der Waals surface area (Å²) in [6, 6.07) is 9.72. The molecule has 1 N–H and O–H groups in total. The van der Waals surface area contributed by atoms with E-state index in [1.54, 1.807) is 18.7 Å². The number of carbonyl (C=O) groups is 1. The quantitative estimate of drug-likeness (QED) is 0.937. The van der Waals surface area contributed by atoms with Crippen molar-refractivity contribution in [2.45, 2.75) is 31.8 Å². The standard InChI is InChI=1S/C18H23N3O2/c1-19-17(22)16-9-5-6-10-21(16)12-14-11-13-7-3-4-8-15(13)20(2)18(14)23/h3-4,7-8,11,16H,5-6,9-10,12H2,1-2H3,(H,19,22). The Labute approximate surface area is 135 Å². The van der Waals surface area contributed by atoms with Crippen LogP contribution >= 0.6 is 0 Å². The summed E-state index contributed by atoms with van der Waals surface area (Å²) in [6.45, 7) is 1.38. The maximum Gasteiger partial charge on any atom is 0.255 e. The van der Waals surface area contributed by atoms with Gasteiger partial charge in [0.25, 0.3) is 5.56 Å². The Bertz CT molecular complexity index is 781. The largest absolute Gasteiger partial charge is 0.358 e. The molecule has 0 radical (unpaired) electrons. The molecule has 1 atom stereocenters. The van der Waals surface area contributed by atoms with Crippen LogP contribution in [0.3, 0.4) is 0 Å². The second kappa shape index (κ2) is 6.54. The van der Waals surface area contributed by atoms with Crippen LogP contribution in [0.1, 0.15) is 24.8 Å². The lowest BCUT2D eigenvalue weighted by molar-refractivity contribution is -0.127. The second-order valence-electron chi connectivity index (χ2n) is 6.19. The van der Waals surface area contributed by atoms with Gasteiger partial charge in [-0.1, -0.05) is 24.6 Å². The fourth-order valence-corrected chi connectivity index (χ4v) is 3.47. The highest BCUT2D eigenvalue weighted by molar-refractivity contribution is 5.81. The molecule has 5 heteroatoms. The average Bonchev–Trinajstić information content (AvgIpc) is 2.59. The first-order valence-electron chi connectivity index (χ1n) is 8.15. The number of benzene rings is 1. The summed E-state index contributed by atoms with van der Waals surface area (Å²) in [5.74, 6) is 0.0438. The maximum atomic E-state index is 12.6. The molecule has 0 bridgehead atoms. The van der Waals surface area contributed by atoms with Crippen LogP contribution in [-0.2, 0) is 18.4 Å². The van der Waals surface area contributed by atoms with Crippen LogP contribution in [0, 0.1) is 0 Å². The molecule has 122 valence electrons. The van der Waals surface area contributed by atoms with Crippen LogP contribution in [0.5, 0.6) is 0 Å². The van der Waals surface area contributed by atoms with Gasteiger partial charge in [-0.25, -0.2) is 0 Å². The highest BCUT2D eigenvalue weighted by Gasteiger charge is 2.28. The molecule has 1 amide bonds. The number of hydrogen-bond acceptors (Lipinski definition) is 3. The van der Waals surface area contributed by atoms with Crippen LogP contribution < -0.4 is 10.9 Å². The van der Waals surface area contributed by atoms with Crippen molar-refractivity contribution >= 4 is 16.8 Å². The third-order valence-corrected chi connectivity index (χ3v) is 4.74. The van der Waals surface area contributed by atoms with Crippen LogP contribution in [-0.4, -0.2) is 35.0 Å². The van der Waals surface area contributed by atoms with Gasteiger partial charge in [0.1, 0.15) is 0 Å². The molecular formula is C18H23N3O2.